The monoisotopic (exact) mass is 292 g/mol. The number of unbranched alkanes of at least 4 members (excludes halogenated alkanes) is 13. The lowest BCUT2D eigenvalue weighted by molar-refractivity contribution is 0.571. The van der Waals surface area contributed by atoms with Crippen LogP contribution in [-0.2, 0) is 0 Å². The molecule has 0 aliphatic carbocycles. The number of hydrogen-bond acceptors (Lipinski definition) is 0. The molecule has 0 fully saturated rings. The molecule has 0 aromatic heterocycles. The molecule has 0 atom stereocenters. The number of hydrogen-bond donors (Lipinski definition) is 0. The minimum absolute atomic E-state index is 1.28. The van der Waals surface area contributed by atoms with E-state index in [9.17, 15) is 0 Å². The normalized spacial score (nSPS) is 11.9. The molecule has 0 spiro atoms. The Balaban J connectivity index is 3.03. The quantitative estimate of drug-likeness (QED) is 0.200. The molecule has 124 valence electrons. The molecule has 0 N–H and O–H groups in total. The van der Waals surface area contributed by atoms with Gasteiger partial charge in [-0.2, -0.15) is 0 Å². The third-order valence-corrected chi connectivity index (χ3v) is 4.12. The molecule has 0 unspecified atom stereocenters. The highest BCUT2D eigenvalue weighted by Crippen LogP contribution is 2.11. The highest BCUT2D eigenvalue weighted by atomic mass is 14.0. The minimum atomic E-state index is 1.28. The van der Waals surface area contributed by atoms with E-state index in [-0.39, 0.29) is 0 Å². The molecule has 0 bridgehead atoms. The van der Waals surface area contributed by atoms with Crippen LogP contribution < -0.4 is 0 Å². The lowest BCUT2D eigenvalue weighted by atomic mass is 10.1. The summed E-state index contributed by atoms with van der Waals surface area (Å²) in [5.41, 5.74) is 0. The van der Waals surface area contributed by atoms with Crippen molar-refractivity contribution in [3.05, 3.63) is 24.3 Å². The fourth-order valence-electron chi connectivity index (χ4n) is 2.68. The highest BCUT2D eigenvalue weighted by molar-refractivity contribution is 4.81. The van der Waals surface area contributed by atoms with Gasteiger partial charge in [0.15, 0.2) is 0 Å². The molecule has 0 amide bonds. The van der Waals surface area contributed by atoms with Gasteiger partial charge >= 0.3 is 0 Å². The summed E-state index contributed by atoms with van der Waals surface area (Å²) in [4.78, 5) is 0. The Morgan fingerprint density at radius 3 is 1.29 bits per heavy atom. The van der Waals surface area contributed by atoms with Gasteiger partial charge in [-0.1, -0.05) is 89.0 Å². The zero-order valence-electron chi connectivity index (χ0n) is 14.9. The van der Waals surface area contributed by atoms with E-state index in [4.69, 9.17) is 0 Å². The molecule has 0 aliphatic rings. The smallest absolute Gasteiger partial charge is 0.0351 e. The average Bonchev–Trinajstić information content (AvgIpc) is 2.50. The molecule has 0 aromatic carbocycles. The fraction of sp³-hybridized carbons (Fsp3) is 0.810. The molecule has 0 saturated carbocycles. The Kier molecular flexibility index (Phi) is 19.0. The molecule has 21 heavy (non-hydrogen) atoms. The fourth-order valence-corrected chi connectivity index (χ4v) is 2.68. The summed E-state index contributed by atoms with van der Waals surface area (Å²) in [6, 6.07) is 0. The van der Waals surface area contributed by atoms with E-state index >= 15 is 0 Å². The van der Waals surface area contributed by atoms with Crippen LogP contribution in [0.25, 0.3) is 0 Å². The maximum absolute atomic E-state index is 2.41. The van der Waals surface area contributed by atoms with E-state index in [1.165, 1.54) is 96.3 Å². The van der Waals surface area contributed by atoms with Gasteiger partial charge in [-0.05, 0) is 45.4 Å². The summed E-state index contributed by atoms with van der Waals surface area (Å²) in [5, 5.41) is 0. The van der Waals surface area contributed by atoms with Crippen LogP contribution in [0.15, 0.2) is 24.3 Å². The summed E-state index contributed by atoms with van der Waals surface area (Å²) < 4.78 is 0. The summed E-state index contributed by atoms with van der Waals surface area (Å²) in [5.74, 6) is 0. The van der Waals surface area contributed by atoms with E-state index in [0.29, 0.717) is 0 Å². The van der Waals surface area contributed by atoms with E-state index in [2.05, 4.69) is 38.2 Å². The van der Waals surface area contributed by atoms with Gasteiger partial charge in [-0.3, -0.25) is 0 Å². The predicted octanol–water partition coefficient (Wildman–Crippen LogP) is 7.99. The van der Waals surface area contributed by atoms with Crippen molar-refractivity contribution >= 4 is 0 Å². The Hall–Kier alpha value is -0.520. The van der Waals surface area contributed by atoms with Crippen LogP contribution in [0.1, 0.15) is 110 Å². The zero-order chi connectivity index (χ0) is 15.4. The predicted molar refractivity (Wildman–Crippen MR) is 98.9 cm³/mol. The molecule has 0 rings (SSSR count). The first-order chi connectivity index (χ1) is 10.4. The topological polar surface area (TPSA) is 0 Å². The zero-order valence-corrected chi connectivity index (χ0v) is 14.9. The second-order valence-electron chi connectivity index (χ2n) is 6.30. The van der Waals surface area contributed by atoms with Crippen molar-refractivity contribution in [3.63, 3.8) is 0 Å². The van der Waals surface area contributed by atoms with Crippen LogP contribution in [0.5, 0.6) is 0 Å². The first-order valence-corrected chi connectivity index (χ1v) is 9.68. The van der Waals surface area contributed by atoms with Crippen molar-refractivity contribution in [2.75, 3.05) is 0 Å². The Labute approximate surface area is 135 Å². The number of rotatable bonds is 16. The Morgan fingerprint density at radius 2 is 0.857 bits per heavy atom. The second kappa shape index (κ2) is 19.5. The SMILES string of the molecule is CC=CCCCCCCCCCCC=CCCCCCC. The minimum Gasteiger partial charge on any atom is -0.0917 e. The summed E-state index contributed by atoms with van der Waals surface area (Å²) in [7, 11) is 0. The standard InChI is InChI=1S/C21H40/c1-3-5-7-9-11-13-15-17-19-21-20-18-16-14-12-10-8-6-4-2/h3,5,14,16H,4,6-13,15,17-21H2,1-2H3. The van der Waals surface area contributed by atoms with Crippen molar-refractivity contribution in [1.82, 2.24) is 0 Å². The maximum atomic E-state index is 2.41. The maximum Gasteiger partial charge on any atom is -0.0351 e. The summed E-state index contributed by atoms with van der Waals surface area (Å²) in [6.07, 6.45) is 30.1. The van der Waals surface area contributed by atoms with Gasteiger partial charge < -0.3 is 0 Å². The van der Waals surface area contributed by atoms with Crippen molar-refractivity contribution in [2.24, 2.45) is 0 Å². The average molecular weight is 293 g/mol. The van der Waals surface area contributed by atoms with E-state index in [1.54, 1.807) is 0 Å². The van der Waals surface area contributed by atoms with Crippen LogP contribution in [0.4, 0.5) is 0 Å². The van der Waals surface area contributed by atoms with E-state index in [0.717, 1.165) is 0 Å². The van der Waals surface area contributed by atoms with Crippen molar-refractivity contribution < 1.29 is 0 Å². The van der Waals surface area contributed by atoms with Crippen molar-refractivity contribution in [2.45, 2.75) is 110 Å². The van der Waals surface area contributed by atoms with Gasteiger partial charge in [-0.25, -0.2) is 0 Å². The van der Waals surface area contributed by atoms with Crippen LogP contribution in [-0.4, -0.2) is 0 Å². The van der Waals surface area contributed by atoms with Crippen molar-refractivity contribution in [3.8, 4) is 0 Å². The van der Waals surface area contributed by atoms with E-state index < -0.39 is 0 Å². The lowest BCUT2D eigenvalue weighted by Crippen LogP contribution is -1.81. The van der Waals surface area contributed by atoms with Crippen LogP contribution in [0, 0.1) is 0 Å². The third kappa shape index (κ3) is 19.5. The van der Waals surface area contributed by atoms with Gasteiger partial charge in [0, 0.05) is 0 Å². The number of allylic oxidation sites excluding steroid dienone is 4. The third-order valence-electron chi connectivity index (χ3n) is 4.12. The van der Waals surface area contributed by atoms with Crippen LogP contribution in [0.2, 0.25) is 0 Å². The largest absolute Gasteiger partial charge is 0.0917 e. The molecule has 0 saturated heterocycles. The van der Waals surface area contributed by atoms with Gasteiger partial charge in [0.05, 0.1) is 0 Å². The molecule has 0 aliphatic heterocycles. The highest BCUT2D eigenvalue weighted by Gasteiger charge is 1.91. The summed E-state index contributed by atoms with van der Waals surface area (Å²) >= 11 is 0. The molecule has 0 aromatic rings. The first kappa shape index (κ1) is 20.5. The molecular weight excluding hydrogens is 252 g/mol. The molecule has 0 nitrogen and oxygen atoms in total. The van der Waals surface area contributed by atoms with Crippen LogP contribution >= 0.6 is 0 Å². The Bertz CT molecular complexity index is 224. The molecular formula is C21H40. The lowest BCUT2D eigenvalue weighted by Gasteiger charge is -2.01. The van der Waals surface area contributed by atoms with Gasteiger partial charge in [0.25, 0.3) is 0 Å². The first-order valence-electron chi connectivity index (χ1n) is 9.68. The van der Waals surface area contributed by atoms with Gasteiger partial charge in [-0.15, -0.1) is 0 Å². The van der Waals surface area contributed by atoms with Gasteiger partial charge in [0.1, 0.15) is 0 Å². The van der Waals surface area contributed by atoms with Crippen molar-refractivity contribution in [1.29, 1.82) is 0 Å². The summed E-state index contributed by atoms with van der Waals surface area (Å²) in [6.45, 7) is 4.39. The van der Waals surface area contributed by atoms with E-state index in [1.807, 2.05) is 0 Å². The Morgan fingerprint density at radius 1 is 0.476 bits per heavy atom. The molecule has 0 heteroatoms. The van der Waals surface area contributed by atoms with Crippen LogP contribution in [0.3, 0.4) is 0 Å². The molecule has 0 radical (unpaired) electrons. The second-order valence-corrected chi connectivity index (χ2v) is 6.30. The van der Waals surface area contributed by atoms with Gasteiger partial charge in [0.2, 0.25) is 0 Å². The molecule has 0 heterocycles.